The third-order valence-electron chi connectivity index (χ3n) is 5.16. The summed E-state index contributed by atoms with van der Waals surface area (Å²) >= 11 is 0. The number of alkyl halides is 3. The fourth-order valence-corrected chi connectivity index (χ4v) is 3.59. The molecule has 0 radical (unpaired) electrons. The quantitative estimate of drug-likeness (QED) is 0.802. The van der Waals surface area contributed by atoms with Gasteiger partial charge in [0.1, 0.15) is 11.6 Å². The fraction of sp³-hybridized carbons (Fsp3) is 0.526. The molecule has 4 rings (SSSR count). The standard InChI is InChI=1S/C19H23F3N6O2/c1-12-11-30-7-4-28(12)17-9-15(25-18(26-17)27-2-5-29-6-3-27)13-10-24-16(23)8-14(13)19(20,21)22/h8-10,12H,2-7,11H2,1H3,(H2,23,24)/t12-/m0/s1. The lowest BCUT2D eigenvalue weighted by atomic mass is 10.1. The molecule has 0 saturated carbocycles. The van der Waals surface area contributed by atoms with Gasteiger partial charge in [-0.3, -0.25) is 0 Å². The maximum atomic E-state index is 13.7. The van der Waals surface area contributed by atoms with Crippen LogP contribution in [0, 0.1) is 0 Å². The SMILES string of the molecule is C[C@H]1COCCN1c1cc(-c2cnc(N)cc2C(F)(F)F)nc(N2CCOCC2)n1. The topological polar surface area (TPSA) is 89.6 Å². The Labute approximate surface area is 171 Å². The van der Waals surface area contributed by atoms with Gasteiger partial charge < -0.3 is 25.0 Å². The number of ether oxygens (including phenoxy) is 2. The molecule has 2 aromatic rings. The van der Waals surface area contributed by atoms with Gasteiger partial charge in [0.05, 0.1) is 43.7 Å². The van der Waals surface area contributed by atoms with E-state index in [1.54, 1.807) is 6.07 Å². The molecule has 2 fully saturated rings. The molecule has 30 heavy (non-hydrogen) atoms. The third kappa shape index (κ3) is 4.26. The van der Waals surface area contributed by atoms with Crippen molar-refractivity contribution in [3.05, 3.63) is 23.9 Å². The number of aromatic nitrogens is 3. The van der Waals surface area contributed by atoms with Crippen LogP contribution in [0.5, 0.6) is 0 Å². The fourth-order valence-electron chi connectivity index (χ4n) is 3.59. The van der Waals surface area contributed by atoms with Gasteiger partial charge in [0.15, 0.2) is 0 Å². The van der Waals surface area contributed by atoms with Crippen LogP contribution < -0.4 is 15.5 Å². The lowest BCUT2D eigenvalue weighted by molar-refractivity contribution is -0.137. The number of halogens is 3. The van der Waals surface area contributed by atoms with Gasteiger partial charge in [-0.1, -0.05) is 0 Å². The molecule has 0 bridgehead atoms. The number of nitrogen functional groups attached to an aromatic ring is 1. The van der Waals surface area contributed by atoms with Gasteiger partial charge in [-0.2, -0.15) is 18.2 Å². The molecule has 2 saturated heterocycles. The second kappa shape index (κ2) is 8.23. The first-order valence-corrected chi connectivity index (χ1v) is 9.72. The van der Waals surface area contributed by atoms with Crippen molar-refractivity contribution in [1.82, 2.24) is 15.0 Å². The van der Waals surface area contributed by atoms with Crippen LogP contribution in [0.4, 0.5) is 30.8 Å². The number of morpholine rings is 2. The van der Waals surface area contributed by atoms with Crippen molar-refractivity contribution in [3.63, 3.8) is 0 Å². The number of rotatable bonds is 3. The minimum absolute atomic E-state index is 0.0330. The molecule has 0 amide bonds. The van der Waals surface area contributed by atoms with Crippen molar-refractivity contribution in [1.29, 1.82) is 0 Å². The van der Waals surface area contributed by atoms with E-state index in [2.05, 4.69) is 15.0 Å². The highest BCUT2D eigenvalue weighted by molar-refractivity contribution is 5.69. The molecule has 0 aliphatic carbocycles. The zero-order valence-corrected chi connectivity index (χ0v) is 16.5. The highest BCUT2D eigenvalue weighted by Gasteiger charge is 2.35. The van der Waals surface area contributed by atoms with Crippen LogP contribution in [0.15, 0.2) is 18.3 Å². The first-order chi connectivity index (χ1) is 14.3. The molecule has 1 atom stereocenters. The number of pyridine rings is 1. The highest BCUT2D eigenvalue weighted by Crippen LogP contribution is 2.38. The summed E-state index contributed by atoms with van der Waals surface area (Å²) in [5, 5.41) is 0. The Balaban J connectivity index is 1.84. The van der Waals surface area contributed by atoms with Crippen LogP contribution in [0.1, 0.15) is 12.5 Å². The number of anilines is 3. The molecule has 0 aromatic carbocycles. The molecule has 2 aliphatic rings. The van der Waals surface area contributed by atoms with Crippen molar-refractivity contribution >= 4 is 17.6 Å². The van der Waals surface area contributed by atoms with E-state index in [4.69, 9.17) is 15.2 Å². The molecule has 2 N–H and O–H groups in total. The summed E-state index contributed by atoms with van der Waals surface area (Å²) in [6.07, 6.45) is -3.47. The zero-order chi connectivity index (χ0) is 21.3. The molecular weight excluding hydrogens is 401 g/mol. The minimum Gasteiger partial charge on any atom is -0.384 e. The third-order valence-corrected chi connectivity index (χ3v) is 5.16. The summed E-state index contributed by atoms with van der Waals surface area (Å²) in [5.41, 5.74) is 4.68. The predicted octanol–water partition coefficient (Wildman–Crippen LogP) is 2.20. The lowest BCUT2D eigenvalue weighted by Crippen LogP contribution is -2.44. The van der Waals surface area contributed by atoms with Crippen LogP contribution in [-0.4, -0.2) is 67.1 Å². The normalized spacial score (nSPS) is 20.5. The predicted molar refractivity (Wildman–Crippen MR) is 105 cm³/mol. The average molecular weight is 424 g/mol. The van der Waals surface area contributed by atoms with Gasteiger partial charge in [0, 0.05) is 37.5 Å². The molecule has 2 aliphatic heterocycles. The van der Waals surface area contributed by atoms with E-state index >= 15 is 0 Å². The largest absolute Gasteiger partial charge is 0.417 e. The Bertz CT molecular complexity index is 904. The molecule has 8 nitrogen and oxygen atoms in total. The van der Waals surface area contributed by atoms with Crippen molar-refractivity contribution in [3.8, 4) is 11.3 Å². The Morgan fingerprint density at radius 2 is 1.80 bits per heavy atom. The summed E-state index contributed by atoms with van der Waals surface area (Å²) < 4.78 is 52.0. The first-order valence-electron chi connectivity index (χ1n) is 9.72. The monoisotopic (exact) mass is 424 g/mol. The number of nitrogens with zero attached hydrogens (tertiary/aromatic N) is 5. The Kier molecular flexibility index (Phi) is 5.65. The smallest absolute Gasteiger partial charge is 0.384 e. The van der Waals surface area contributed by atoms with E-state index in [0.29, 0.717) is 57.8 Å². The van der Waals surface area contributed by atoms with Crippen molar-refractivity contribution < 1.29 is 22.6 Å². The highest BCUT2D eigenvalue weighted by atomic mass is 19.4. The maximum Gasteiger partial charge on any atom is 0.417 e. The van der Waals surface area contributed by atoms with E-state index in [9.17, 15) is 13.2 Å². The Hall–Kier alpha value is -2.66. The number of hydrogen-bond acceptors (Lipinski definition) is 8. The van der Waals surface area contributed by atoms with E-state index in [1.165, 1.54) is 0 Å². The maximum absolute atomic E-state index is 13.7. The van der Waals surface area contributed by atoms with E-state index in [1.807, 2.05) is 16.7 Å². The summed E-state index contributed by atoms with van der Waals surface area (Å²) in [6, 6.07) is 2.45. The molecule has 162 valence electrons. The van der Waals surface area contributed by atoms with Gasteiger partial charge in [0.25, 0.3) is 0 Å². The molecule has 4 heterocycles. The van der Waals surface area contributed by atoms with Gasteiger partial charge >= 0.3 is 6.18 Å². The molecule has 2 aromatic heterocycles. The van der Waals surface area contributed by atoms with Crippen LogP contribution >= 0.6 is 0 Å². The first kappa shape index (κ1) is 20.6. The Morgan fingerprint density at radius 3 is 2.50 bits per heavy atom. The minimum atomic E-state index is -4.59. The molecule has 0 spiro atoms. The molecular formula is C19H23F3N6O2. The molecule has 11 heteroatoms. The second-order valence-electron chi connectivity index (χ2n) is 7.28. The summed E-state index contributed by atoms with van der Waals surface area (Å²) in [4.78, 5) is 17.0. The van der Waals surface area contributed by atoms with Crippen molar-refractivity contribution in [2.45, 2.75) is 19.1 Å². The van der Waals surface area contributed by atoms with E-state index in [0.717, 1.165) is 12.3 Å². The summed E-state index contributed by atoms with van der Waals surface area (Å²) in [7, 11) is 0. The van der Waals surface area contributed by atoms with Crippen LogP contribution in [0.3, 0.4) is 0 Å². The van der Waals surface area contributed by atoms with Crippen molar-refractivity contribution in [2.75, 3.05) is 61.6 Å². The zero-order valence-electron chi connectivity index (χ0n) is 16.5. The van der Waals surface area contributed by atoms with Crippen molar-refractivity contribution in [2.24, 2.45) is 0 Å². The van der Waals surface area contributed by atoms with Crippen LogP contribution in [-0.2, 0) is 15.7 Å². The number of nitrogens with two attached hydrogens (primary N) is 1. The van der Waals surface area contributed by atoms with Gasteiger partial charge in [-0.25, -0.2) is 9.97 Å². The van der Waals surface area contributed by atoms with E-state index in [-0.39, 0.29) is 23.1 Å². The average Bonchev–Trinajstić information content (AvgIpc) is 2.74. The van der Waals surface area contributed by atoms with Gasteiger partial charge in [-0.05, 0) is 13.0 Å². The summed E-state index contributed by atoms with van der Waals surface area (Å²) in [6.45, 7) is 5.76. The summed E-state index contributed by atoms with van der Waals surface area (Å²) in [5.74, 6) is 0.729. The molecule has 0 unspecified atom stereocenters. The van der Waals surface area contributed by atoms with Gasteiger partial charge in [-0.15, -0.1) is 0 Å². The van der Waals surface area contributed by atoms with Gasteiger partial charge in [0.2, 0.25) is 5.95 Å². The van der Waals surface area contributed by atoms with Crippen LogP contribution in [0.2, 0.25) is 0 Å². The van der Waals surface area contributed by atoms with Crippen LogP contribution in [0.25, 0.3) is 11.3 Å². The Morgan fingerprint density at radius 1 is 1.07 bits per heavy atom. The number of hydrogen-bond donors (Lipinski definition) is 1. The van der Waals surface area contributed by atoms with E-state index < -0.39 is 11.7 Å². The second-order valence-corrected chi connectivity index (χ2v) is 7.28. The lowest BCUT2D eigenvalue weighted by Gasteiger charge is -2.35.